The fourth-order valence-corrected chi connectivity index (χ4v) is 4.01. The Labute approximate surface area is 148 Å². The van der Waals surface area contributed by atoms with Gasteiger partial charge in [0.15, 0.2) is 5.13 Å². The molecule has 1 aliphatic rings. The summed E-state index contributed by atoms with van der Waals surface area (Å²) in [5, 5.41) is 1.18. The quantitative estimate of drug-likeness (QED) is 0.872. The van der Waals surface area contributed by atoms with E-state index >= 15 is 0 Å². The van der Waals surface area contributed by atoms with Crippen molar-refractivity contribution in [3.8, 4) is 11.3 Å². The van der Waals surface area contributed by atoms with Gasteiger partial charge in [0, 0.05) is 25.8 Å². The summed E-state index contributed by atoms with van der Waals surface area (Å²) in [7, 11) is 1.70. The lowest BCUT2D eigenvalue weighted by Crippen LogP contribution is -2.36. The van der Waals surface area contributed by atoms with Gasteiger partial charge in [0.05, 0.1) is 11.7 Å². The van der Waals surface area contributed by atoms with E-state index in [-0.39, 0.29) is 11.7 Å². The third kappa shape index (κ3) is 3.74. The summed E-state index contributed by atoms with van der Waals surface area (Å²) in [6.45, 7) is 2.99. The molecule has 4 nitrogen and oxygen atoms in total. The van der Waals surface area contributed by atoms with Crippen LogP contribution in [0.1, 0.15) is 24.0 Å². The van der Waals surface area contributed by atoms with E-state index < -0.39 is 11.7 Å². The molecule has 25 heavy (non-hydrogen) atoms. The molecule has 0 atom stereocenters. The number of hydrogen-bond donors (Lipinski definition) is 1. The molecule has 2 N–H and O–H groups in total. The van der Waals surface area contributed by atoms with Crippen LogP contribution in [-0.2, 0) is 10.9 Å². The standard InChI is InChI=1S/C17H20F3N3OS/c1-10-3-4-11(9-13(10)17(18,19)20)14-15(25-16(21)22-14)23-7-5-12(24-2)6-8-23/h3-4,9,12H,5-8H2,1-2H3,(H2,21,22). The Morgan fingerprint density at radius 2 is 1.96 bits per heavy atom. The molecular formula is C17H20F3N3OS. The second kappa shape index (κ2) is 6.84. The number of halogens is 3. The molecule has 0 unspecified atom stereocenters. The van der Waals surface area contributed by atoms with Crippen LogP contribution in [0, 0.1) is 6.92 Å². The molecule has 136 valence electrons. The zero-order valence-electron chi connectivity index (χ0n) is 14.1. The Balaban J connectivity index is 1.97. The summed E-state index contributed by atoms with van der Waals surface area (Å²) in [6, 6.07) is 4.31. The molecule has 1 aromatic heterocycles. The van der Waals surface area contributed by atoms with E-state index in [0.29, 0.717) is 16.4 Å². The number of aromatic nitrogens is 1. The molecule has 8 heteroatoms. The number of anilines is 2. The number of alkyl halides is 3. The molecule has 3 rings (SSSR count). The van der Waals surface area contributed by atoms with E-state index in [1.807, 2.05) is 0 Å². The maximum Gasteiger partial charge on any atom is 0.416 e. The number of rotatable bonds is 3. The average Bonchev–Trinajstić information content (AvgIpc) is 2.96. The molecule has 1 saturated heterocycles. The van der Waals surface area contributed by atoms with Crippen molar-refractivity contribution >= 4 is 21.5 Å². The molecule has 2 aromatic rings. The van der Waals surface area contributed by atoms with E-state index in [0.717, 1.165) is 37.0 Å². The predicted octanol–water partition coefficient (Wildman–Crippen LogP) is 4.33. The minimum absolute atomic E-state index is 0.196. The van der Waals surface area contributed by atoms with Gasteiger partial charge in [-0.25, -0.2) is 4.98 Å². The zero-order valence-corrected chi connectivity index (χ0v) is 14.9. The largest absolute Gasteiger partial charge is 0.416 e. The first kappa shape index (κ1) is 18.0. The summed E-state index contributed by atoms with van der Waals surface area (Å²) >= 11 is 1.31. The number of benzene rings is 1. The van der Waals surface area contributed by atoms with Gasteiger partial charge in [-0.05, 0) is 31.4 Å². The maximum absolute atomic E-state index is 13.2. The van der Waals surface area contributed by atoms with E-state index in [4.69, 9.17) is 10.5 Å². The third-order valence-electron chi connectivity index (χ3n) is 4.50. The van der Waals surface area contributed by atoms with Crippen LogP contribution < -0.4 is 10.6 Å². The fraction of sp³-hybridized carbons (Fsp3) is 0.471. The fourth-order valence-electron chi connectivity index (χ4n) is 3.10. The number of thiazole rings is 1. The van der Waals surface area contributed by atoms with Gasteiger partial charge in [0.2, 0.25) is 0 Å². The van der Waals surface area contributed by atoms with Crippen molar-refractivity contribution in [2.24, 2.45) is 0 Å². The van der Waals surface area contributed by atoms with Crippen LogP contribution in [0.15, 0.2) is 18.2 Å². The first-order valence-electron chi connectivity index (χ1n) is 8.02. The van der Waals surface area contributed by atoms with Crippen molar-refractivity contribution < 1.29 is 17.9 Å². The molecule has 0 radical (unpaired) electrons. The van der Waals surface area contributed by atoms with Crippen molar-refractivity contribution in [1.82, 2.24) is 4.98 Å². The third-order valence-corrected chi connectivity index (χ3v) is 5.45. The highest BCUT2D eigenvalue weighted by atomic mass is 32.1. The van der Waals surface area contributed by atoms with Crippen LogP contribution >= 0.6 is 11.3 Å². The van der Waals surface area contributed by atoms with Crippen molar-refractivity contribution in [2.45, 2.75) is 32.0 Å². The molecule has 0 aliphatic carbocycles. The Bertz CT molecular complexity index is 752. The molecule has 1 aromatic carbocycles. The molecule has 0 saturated carbocycles. The minimum Gasteiger partial charge on any atom is -0.381 e. The predicted molar refractivity (Wildman–Crippen MR) is 93.9 cm³/mol. The molecule has 1 fully saturated rings. The normalized spacial score (nSPS) is 16.4. The zero-order chi connectivity index (χ0) is 18.2. The van der Waals surface area contributed by atoms with Crippen molar-refractivity contribution in [3.63, 3.8) is 0 Å². The Morgan fingerprint density at radius 1 is 1.28 bits per heavy atom. The van der Waals surface area contributed by atoms with E-state index in [1.165, 1.54) is 24.3 Å². The summed E-state index contributed by atoms with van der Waals surface area (Å²) in [5.41, 5.74) is 6.38. The number of methoxy groups -OCH3 is 1. The van der Waals surface area contributed by atoms with Crippen molar-refractivity contribution in [1.29, 1.82) is 0 Å². The summed E-state index contributed by atoms with van der Waals surface area (Å²) in [5.74, 6) is 0. The minimum atomic E-state index is -4.39. The lowest BCUT2D eigenvalue weighted by molar-refractivity contribution is -0.138. The Kier molecular flexibility index (Phi) is 4.92. The molecule has 1 aliphatic heterocycles. The number of ether oxygens (including phenoxy) is 1. The van der Waals surface area contributed by atoms with E-state index in [1.54, 1.807) is 13.2 Å². The maximum atomic E-state index is 13.2. The van der Waals surface area contributed by atoms with Gasteiger partial charge in [-0.3, -0.25) is 0 Å². The molecule has 0 bridgehead atoms. The summed E-state index contributed by atoms with van der Waals surface area (Å²) in [6.07, 6.45) is -2.43. The average molecular weight is 371 g/mol. The Hall–Kier alpha value is -1.80. The van der Waals surface area contributed by atoms with Crippen LogP contribution in [0.3, 0.4) is 0 Å². The number of hydrogen-bond acceptors (Lipinski definition) is 5. The molecule has 2 heterocycles. The summed E-state index contributed by atoms with van der Waals surface area (Å²) in [4.78, 5) is 6.44. The molecule has 0 spiro atoms. The van der Waals surface area contributed by atoms with Gasteiger partial charge < -0.3 is 15.4 Å². The molecular weight excluding hydrogens is 351 g/mol. The van der Waals surface area contributed by atoms with Gasteiger partial charge >= 0.3 is 6.18 Å². The number of aryl methyl sites for hydroxylation is 1. The first-order valence-corrected chi connectivity index (χ1v) is 8.83. The van der Waals surface area contributed by atoms with Crippen LogP contribution in [0.4, 0.5) is 23.3 Å². The van der Waals surface area contributed by atoms with E-state index in [2.05, 4.69) is 9.88 Å². The number of nitrogens with two attached hydrogens (primary N) is 1. The Morgan fingerprint density at radius 3 is 2.56 bits per heavy atom. The van der Waals surface area contributed by atoms with Crippen LogP contribution in [0.5, 0.6) is 0 Å². The van der Waals surface area contributed by atoms with Gasteiger partial charge in [0.25, 0.3) is 0 Å². The first-order chi connectivity index (χ1) is 11.8. The summed E-state index contributed by atoms with van der Waals surface area (Å²) < 4.78 is 45.0. The molecule has 0 amide bonds. The van der Waals surface area contributed by atoms with Gasteiger partial charge in [-0.2, -0.15) is 13.2 Å². The highest BCUT2D eigenvalue weighted by Gasteiger charge is 2.33. The highest BCUT2D eigenvalue weighted by molar-refractivity contribution is 7.19. The number of nitrogen functional groups attached to an aromatic ring is 1. The lowest BCUT2D eigenvalue weighted by atomic mass is 10.0. The van der Waals surface area contributed by atoms with Gasteiger partial charge in [0.1, 0.15) is 10.7 Å². The second-order valence-corrected chi connectivity index (χ2v) is 7.16. The number of piperidine rings is 1. The SMILES string of the molecule is COC1CCN(c2sc(N)nc2-c2ccc(C)c(C(F)(F)F)c2)CC1. The van der Waals surface area contributed by atoms with Crippen molar-refractivity contribution in [2.75, 3.05) is 30.8 Å². The lowest BCUT2D eigenvalue weighted by Gasteiger charge is -2.32. The van der Waals surface area contributed by atoms with Gasteiger partial charge in [-0.15, -0.1) is 0 Å². The topological polar surface area (TPSA) is 51.4 Å². The van der Waals surface area contributed by atoms with Gasteiger partial charge in [-0.1, -0.05) is 23.5 Å². The number of nitrogens with zero attached hydrogens (tertiary/aromatic N) is 2. The van der Waals surface area contributed by atoms with Crippen LogP contribution in [0.2, 0.25) is 0 Å². The van der Waals surface area contributed by atoms with Crippen LogP contribution in [-0.4, -0.2) is 31.3 Å². The monoisotopic (exact) mass is 371 g/mol. The van der Waals surface area contributed by atoms with Crippen molar-refractivity contribution in [3.05, 3.63) is 29.3 Å². The second-order valence-electron chi connectivity index (χ2n) is 6.16. The highest BCUT2D eigenvalue weighted by Crippen LogP contribution is 2.41. The smallest absolute Gasteiger partial charge is 0.381 e. The van der Waals surface area contributed by atoms with E-state index in [9.17, 15) is 13.2 Å². The van der Waals surface area contributed by atoms with Crippen LogP contribution in [0.25, 0.3) is 11.3 Å².